The van der Waals surface area contributed by atoms with Crippen LogP contribution in [-0.4, -0.2) is 52.2 Å². The Bertz CT molecular complexity index is 2150. The zero-order valence-corrected chi connectivity index (χ0v) is 34.6. The van der Waals surface area contributed by atoms with Crippen molar-refractivity contribution in [2.24, 2.45) is 30.2 Å². The number of hydrogen-bond donors (Lipinski definition) is 0. The van der Waals surface area contributed by atoms with Crippen molar-refractivity contribution < 1.29 is 58.2 Å². The molecule has 0 amide bonds. The van der Waals surface area contributed by atoms with Crippen molar-refractivity contribution in [3.8, 4) is 22.6 Å². The molecule has 0 unspecified atom stereocenters. The SMILES string of the molecule is C[n+]1c2ccccc2c(-c2ccc(OCCOCCOCCOCCCc3ccc(OC(=O)C45CC6CC(CC(C6)C4)C5)cc3)cc2)c2ccccc21.F[P-](F)(F)(F)(F)F. The van der Waals surface area contributed by atoms with Crippen LogP contribution in [0.1, 0.15) is 50.5 Å². The summed E-state index contributed by atoms with van der Waals surface area (Å²) in [6, 6.07) is 33.5. The first-order valence-corrected chi connectivity index (χ1v) is 22.7. The minimum absolute atomic E-state index is 0.0133. The van der Waals surface area contributed by atoms with Crippen LogP contribution in [0.3, 0.4) is 0 Å². The molecular formula is C46H52F6NO6P. The number of pyridine rings is 1. The number of esters is 1. The van der Waals surface area contributed by atoms with Crippen molar-refractivity contribution in [2.45, 2.75) is 51.4 Å². The van der Waals surface area contributed by atoms with E-state index in [0.717, 1.165) is 55.6 Å². The standard InChI is InChI=1S/C46H52NO6.F6P/c1-47-42-10-4-2-8-40(42)44(41-9-3-5-11-43(41)47)37-14-18-38(19-15-37)52-26-25-51-24-23-50-22-21-49-20-6-7-33-12-16-39(17-13-33)53-45(48)46-30-34-27-35(31-46)29-36(28-34)32-46;1-7(2,3,4,5)6/h2-5,8-19,34-36H,6-7,20-32H2,1H3;/q+1;-1. The van der Waals surface area contributed by atoms with E-state index in [4.69, 9.17) is 23.7 Å². The number of para-hydroxylation sites is 2. The molecule has 4 fully saturated rings. The number of rotatable bonds is 17. The Morgan fingerprint density at radius 3 is 1.58 bits per heavy atom. The van der Waals surface area contributed by atoms with Gasteiger partial charge in [-0.1, -0.05) is 48.5 Å². The van der Waals surface area contributed by atoms with E-state index in [1.54, 1.807) is 0 Å². The maximum atomic E-state index is 13.2. The van der Waals surface area contributed by atoms with Gasteiger partial charge in [-0.05, 0) is 117 Å². The molecule has 4 saturated carbocycles. The average molecular weight is 860 g/mol. The molecule has 4 aliphatic carbocycles. The molecule has 5 aromatic rings. The Labute approximate surface area is 346 Å². The molecule has 14 heteroatoms. The third-order valence-electron chi connectivity index (χ3n) is 11.8. The van der Waals surface area contributed by atoms with Crippen LogP contribution < -0.4 is 14.0 Å². The fraction of sp³-hybridized carbons (Fsp3) is 0.435. The fourth-order valence-electron chi connectivity index (χ4n) is 9.70. The molecule has 7 nitrogen and oxygen atoms in total. The monoisotopic (exact) mass is 859 g/mol. The molecule has 9 rings (SSSR count). The summed E-state index contributed by atoms with van der Waals surface area (Å²) >= 11 is 0. The van der Waals surface area contributed by atoms with Crippen LogP contribution in [0.2, 0.25) is 0 Å². The van der Waals surface area contributed by atoms with Gasteiger partial charge in [0.1, 0.15) is 25.2 Å². The first-order valence-electron chi connectivity index (χ1n) is 20.6. The molecule has 0 aliphatic heterocycles. The van der Waals surface area contributed by atoms with Gasteiger partial charge in [0, 0.05) is 24.3 Å². The van der Waals surface area contributed by atoms with Crippen LogP contribution in [-0.2, 0) is 32.5 Å². The number of ether oxygens (including phenoxy) is 5. The first-order chi connectivity index (χ1) is 28.5. The molecule has 4 aliphatic rings. The zero-order valence-electron chi connectivity index (χ0n) is 33.7. The van der Waals surface area contributed by atoms with Gasteiger partial charge in [-0.2, -0.15) is 4.57 Å². The van der Waals surface area contributed by atoms with Crippen LogP contribution >= 0.6 is 7.81 Å². The molecule has 1 heterocycles. The molecule has 0 radical (unpaired) electrons. The molecule has 4 aromatic carbocycles. The van der Waals surface area contributed by atoms with Gasteiger partial charge < -0.3 is 23.7 Å². The summed E-state index contributed by atoms with van der Waals surface area (Å²) in [5, 5.41) is 2.46. The van der Waals surface area contributed by atoms with E-state index < -0.39 is 7.81 Å². The Morgan fingerprint density at radius 2 is 1.07 bits per heavy atom. The normalized spacial score (nSPS) is 21.9. The van der Waals surface area contributed by atoms with Gasteiger partial charge in [-0.25, -0.2) is 0 Å². The van der Waals surface area contributed by atoms with Crippen LogP contribution in [0.4, 0.5) is 25.2 Å². The van der Waals surface area contributed by atoms with Gasteiger partial charge in [-0.15, -0.1) is 0 Å². The van der Waals surface area contributed by atoms with E-state index >= 15 is 0 Å². The Morgan fingerprint density at radius 1 is 0.617 bits per heavy atom. The van der Waals surface area contributed by atoms with Crippen LogP contribution in [0.25, 0.3) is 32.9 Å². The first kappa shape index (κ1) is 43.8. The molecule has 0 saturated heterocycles. The van der Waals surface area contributed by atoms with Crippen molar-refractivity contribution >= 4 is 35.6 Å². The van der Waals surface area contributed by atoms with Gasteiger partial charge in [0.05, 0.1) is 49.2 Å². The number of aromatic nitrogens is 1. The Kier molecular flexibility index (Phi) is 12.8. The quantitative estimate of drug-likeness (QED) is 0.0176. The summed E-state index contributed by atoms with van der Waals surface area (Å²) in [7, 11) is -8.53. The third kappa shape index (κ3) is 12.2. The molecule has 324 valence electrons. The van der Waals surface area contributed by atoms with Crippen molar-refractivity contribution in [1.29, 1.82) is 0 Å². The summed E-state index contributed by atoms with van der Waals surface area (Å²) in [6.07, 6.45) is 8.93. The van der Waals surface area contributed by atoms with Gasteiger partial charge in [0.15, 0.2) is 0 Å². The van der Waals surface area contributed by atoms with E-state index in [9.17, 15) is 30.0 Å². The van der Waals surface area contributed by atoms with Crippen LogP contribution in [0, 0.1) is 23.2 Å². The number of carbonyl (C=O) groups is 1. The number of halogens is 6. The topological polar surface area (TPSA) is 67.1 Å². The molecule has 0 N–H and O–H groups in total. The predicted octanol–water partition coefficient (Wildman–Crippen LogP) is 12.1. The van der Waals surface area contributed by atoms with E-state index in [2.05, 4.69) is 84.4 Å². The molecule has 4 bridgehead atoms. The van der Waals surface area contributed by atoms with Crippen LogP contribution in [0.15, 0.2) is 97.1 Å². The van der Waals surface area contributed by atoms with E-state index in [0.29, 0.717) is 52.0 Å². The molecule has 0 atom stereocenters. The van der Waals surface area contributed by atoms with Crippen molar-refractivity contribution in [2.75, 3.05) is 46.2 Å². The van der Waals surface area contributed by atoms with Crippen LogP contribution in [0.5, 0.6) is 11.5 Å². The number of nitrogens with zero attached hydrogens (tertiary/aromatic N) is 1. The minimum atomic E-state index is -10.7. The summed E-state index contributed by atoms with van der Waals surface area (Å²) in [6.45, 7) is 3.79. The maximum absolute atomic E-state index is 13.2. The van der Waals surface area contributed by atoms with Gasteiger partial charge in [0.2, 0.25) is 11.0 Å². The average Bonchev–Trinajstić information content (AvgIpc) is 3.19. The second kappa shape index (κ2) is 17.6. The zero-order chi connectivity index (χ0) is 42.4. The third-order valence-corrected chi connectivity index (χ3v) is 11.8. The Hall–Kier alpha value is -4.29. The summed E-state index contributed by atoms with van der Waals surface area (Å²) in [4.78, 5) is 13.2. The molecule has 1 aromatic heterocycles. The number of aryl methyl sites for hydroxylation is 2. The summed E-state index contributed by atoms with van der Waals surface area (Å²) < 4.78 is 90.5. The summed E-state index contributed by atoms with van der Waals surface area (Å²) in [5.74, 6) is 3.72. The second-order valence-electron chi connectivity index (χ2n) is 16.5. The molecule has 60 heavy (non-hydrogen) atoms. The molecule has 0 spiro atoms. The summed E-state index contributed by atoms with van der Waals surface area (Å²) in [5.41, 5.74) is 5.82. The van der Waals surface area contributed by atoms with Crippen molar-refractivity contribution in [3.05, 3.63) is 103 Å². The predicted molar refractivity (Wildman–Crippen MR) is 221 cm³/mol. The molecular weight excluding hydrogens is 807 g/mol. The number of benzene rings is 4. The second-order valence-corrected chi connectivity index (χ2v) is 18.4. The van der Waals surface area contributed by atoms with Gasteiger partial charge in [-0.3, -0.25) is 4.79 Å². The van der Waals surface area contributed by atoms with E-state index in [-0.39, 0.29) is 11.4 Å². The number of fused-ring (bicyclic) bond motifs is 2. The Balaban J connectivity index is 0.000000716. The van der Waals surface area contributed by atoms with Gasteiger partial charge in [0.25, 0.3) is 0 Å². The van der Waals surface area contributed by atoms with E-state index in [1.165, 1.54) is 57.8 Å². The fourth-order valence-corrected chi connectivity index (χ4v) is 9.70. The van der Waals surface area contributed by atoms with E-state index in [1.807, 2.05) is 24.3 Å². The van der Waals surface area contributed by atoms with Crippen molar-refractivity contribution in [1.82, 2.24) is 0 Å². The van der Waals surface area contributed by atoms with Crippen molar-refractivity contribution in [3.63, 3.8) is 0 Å². The number of carbonyl (C=O) groups excluding carboxylic acids is 1. The number of hydrogen-bond acceptors (Lipinski definition) is 6. The van der Waals surface area contributed by atoms with Gasteiger partial charge >= 0.3 is 39.0 Å².